The lowest BCUT2D eigenvalue weighted by atomic mass is 10.3. The Morgan fingerprint density at radius 2 is 2.00 bits per heavy atom. The largest absolute Gasteiger partial charge is 0.409 e. The average Bonchev–Trinajstić information content (AvgIpc) is 2.37. The van der Waals surface area contributed by atoms with Gasteiger partial charge in [0.25, 0.3) is 0 Å². The summed E-state index contributed by atoms with van der Waals surface area (Å²) in [6.45, 7) is 2.78. The Balaban J connectivity index is 3.26. The highest BCUT2D eigenvalue weighted by atomic mass is 32.2. The highest BCUT2D eigenvalue weighted by molar-refractivity contribution is 7.89. The maximum atomic E-state index is 13.2. The number of nitrogens with two attached hydrogens (primary N) is 1. The zero-order valence-electron chi connectivity index (χ0n) is 10.9. The molecule has 1 aromatic carbocycles. The molecule has 0 radical (unpaired) electrons. The smallest absolute Gasteiger partial charge is 0.243 e. The molecule has 0 spiro atoms. The van der Waals surface area contributed by atoms with Crippen molar-refractivity contribution in [3.05, 3.63) is 29.8 Å². The summed E-state index contributed by atoms with van der Waals surface area (Å²) >= 11 is 0. The minimum atomic E-state index is -4.09. The van der Waals surface area contributed by atoms with Gasteiger partial charge in [-0.2, -0.15) is 4.31 Å². The maximum absolute atomic E-state index is 13.2. The molecule has 0 amide bonds. The molecule has 0 unspecified atom stereocenters. The van der Waals surface area contributed by atoms with Gasteiger partial charge in [0.05, 0.1) is 11.4 Å². The molecule has 1 aromatic rings. The van der Waals surface area contributed by atoms with Gasteiger partial charge in [-0.25, -0.2) is 17.2 Å². The first-order chi connectivity index (χ1) is 9.20. The standard InChI is InChI=1S/C11H15F2N3O3S/c1-7(2)16(6-11(14)15-17)20(18,19)8-3-4-9(12)10(13)5-8/h3-5,7,17H,6H2,1-2H3,(H2,14,15). The van der Waals surface area contributed by atoms with Crippen LogP contribution in [0.3, 0.4) is 0 Å². The van der Waals surface area contributed by atoms with E-state index in [1.807, 2.05) is 0 Å². The summed E-state index contributed by atoms with van der Waals surface area (Å²) in [4.78, 5) is -0.407. The molecular weight excluding hydrogens is 292 g/mol. The summed E-state index contributed by atoms with van der Waals surface area (Å²) in [5, 5.41) is 11.2. The molecule has 9 heteroatoms. The van der Waals surface area contributed by atoms with E-state index in [-0.39, 0.29) is 12.4 Å². The van der Waals surface area contributed by atoms with Gasteiger partial charge < -0.3 is 10.9 Å². The summed E-state index contributed by atoms with van der Waals surface area (Å²) in [5.41, 5.74) is 5.30. The fraction of sp³-hybridized carbons (Fsp3) is 0.364. The van der Waals surface area contributed by atoms with Crippen molar-refractivity contribution in [3.63, 3.8) is 0 Å². The monoisotopic (exact) mass is 307 g/mol. The summed E-state index contributed by atoms with van der Waals surface area (Å²) < 4.78 is 51.6. The first kappa shape index (κ1) is 16.3. The second-order valence-electron chi connectivity index (χ2n) is 4.31. The number of nitrogens with zero attached hydrogens (tertiary/aromatic N) is 2. The van der Waals surface area contributed by atoms with E-state index in [0.29, 0.717) is 6.07 Å². The van der Waals surface area contributed by atoms with Crippen LogP contribution in [-0.2, 0) is 10.0 Å². The van der Waals surface area contributed by atoms with Gasteiger partial charge in [0.15, 0.2) is 17.5 Å². The fourth-order valence-corrected chi connectivity index (χ4v) is 3.13. The molecule has 6 nitrogen and oxygen atoms in total. The van der Waals surface area contributed by atoms with E-state index in [0.717, 1.165) is 16.4 Å². The molecule has 0 heterocycles. The lowest BCUT2D eigenvalue weighted by molar-refractivity contribution is 0.312. The Labute approximate surface area is 115 Å². The Morgan fingerprint density at radius 1 is 1.40 bits per heavy atom. The minimum Gasteiger partial charge on any atom is -0.409 e. The topological polar surface area (TPSA) is 96.0 Å². The normalized spacial score (nSPS) is 13.2. The SMILES string of the molecule is CC(C)N(CC(N)=NO)S(=O)(=O)c1ccc(F)c(F)c1. The van der Waals surface area contributed by atoms with Gasteiger partial charge in [0.2, 0.25) is 10.0 Å². The van der Waals surface area contributed by atoms with E-state index in [1.165, 1.54) is 0 Å². The zero-order valence-corrected chi connectivity index (χ0v) is 11.7. The van der Waals surface area contributed by atoms with E-state index in [4.69, 9.17) is 10.9 Å². The van der Waals surface area contributed by atoms with Gasteiger partial charge in [-0.05, 0) is 32.0 Å². The Bertz CT molecular complexity index is 617. The molecular formula is C11H15F2N3O3S. The molecule has 0 aliphatic rings. The van der Waals surface area contributed by atoms with Gasteiger partial charge in [-0.15, -0.1) is 0 Å². The molecule has 112 valence electrons. The molecule has 1 rings (SSSR count). The van der Waals surface area contributed by atoms with E-state index in [9.17, 15) is 17.2 Å². The third kappa shape index (κ3) is 3.42. The van der Waals surface area contributed by atoms with Crippen molar-refractivity contribution in [2.24, 2.45) is 10.9 Å². The predicted molar refractivity (Wildman–Crippen MR) is 68.8 cm³/mol. The van der Waals surface area contributed by atoms with Gasteiger partial charge in [-0.1, -0.05) is 5.16 Å². The number of oxime groups is 1. The molecule has 0 saturated heterocycles. The van der Waals surface area contributed by atoms with Crippen molar-refractivity contribution in [3.8, 4) is 0 Å². The van der Waals surface area contributed by atoms with Crippen LogP contribution in [0.15, 0.2) is 28.3 Å². The van der Waals surface area contributed by atoms with Crippen LogP contribution < -0.4 is 5.73 Å². The minimum absolute atomic E-state index is 0.315. The van der Waals surface area contributed by atoms with E-state index < -0.39 is 32.6 Å². The molecule has 0 bridgehead atoms. The van der Waals surface area contributed by atoms with Crippen LogP contribution in [0, 0.1) is 11.6 Å². The van der Waals surface area contributed by atoms with Gasteiger partial charge >= 0.3 is 0 Å². The Kier molecular flexibility index (Phi) is 5.01. The second kappa shape index (κ2) is 6.14. The first-order valence-electron chi connectivity index (χ1n) is 5.63. The number of hydrogen-bond donors (Lipinski definition) is 2. The molecule has 0 aliphatic carbocycles. The summed E-state index contributed by atoms with van der Waals surface area (Å²) in [7, 11) is -4.09. The number of benzene rings is 1. The van der Waals surface area contributed by atoms with Crippen LogP contribution in [0.2, 0.25) is 0 Å². The number of rotatable bonds is 5. The highest BCUT2D eigenvalue weighted by Crippen LogP contribution is 2.20. The van der Waals surface area contributed by atoms with Crippen LogP contribution in [0.1, 0.15) is 13.8 Å². The van der Waals surface area contributed by atoms with Gasteiger partial charge in [-0.3, -0.25) is 0 Å². The molecule has 0 atom stereocenters. The molecule has 3 N–H and O–H groups in total. The van der Waals surface area contributed by atoms with Crippen LogP contribution in [0.4, 0.5) is 8.78 Å². The number of halogens is 2. The third-order valence-corrected chi connectivity index (χ3v) is 4.54. The molecule has 20 heavy (non-hydrogen) atoms. The van der Waals surface area contributed by atoms with E-state index >= 15 is 0 Å². The molecule has 0 aliphatic heterocycles. The third-order valence-electron chi connectivity index (χ3n) is 2.52. The van der Waals surface area contributed by atoms with Crippen LogP contribution in [0.5, 0.6) is 0 Å². The number of sulfonamides is 1. The van der Waals surface area contributed by atoms with Crippen LogP contribution in [0.25, 0.3) is 0 Å². The average molecular weight is 307 g/mol. The lowest BCUT2D eigenvalue weighted by Crippen LogP contribution is -2.42. The van der Waals surface area contributed by atoms with Gasteiger partial charge in [0, 0.05) is 6.04 Å². The highest BCUT2D eigenvalue weighted by Gasteiger charge is 2.28. The summed E-state index contributed by atoms with van der Waals surface area (Å²) in [6.07, 6.45) is 0. The van der Waals surface area contributed by atoms with Gasteiger partial charge in [0.1, 0.15) is 0 Å². The number of hydrogen-bond acceptors (Lipinski definition) is 4. The molecule has 0 aromatic heterocycles. The quantitative estimate of drug-likeness (QED) is 0.368. The van der Waals surface area contributed by atoms with Crippen molar-refractivity contribution >= 4 is 15.9 Å². The van der Waals surface area contributed by atoms with Crippen molar-refractivity contribution in [2.75, 3.05) is 6.54 Å². The molecule has 0 saturated carbocycles. The van der Waals surface area contributed by atoms with E-state index in [2.05, 4.69) is 5.16 Å². The Morgan fingerprint density at radius 3 is 2.45 bits per heavy atom. The van der Waals surface area contributed by atoms with Crippen LogP contribution >= 0.6 is 0 Å². The first-order valence-corrected chi connectivity index (χ1v) is 7.07. The van der Waals surface area contributed by atoms with Crippen molar-refractivity contribution in [1.29, 1.82) is 0 Å². The molecule has 0 fully saturated rings. The second-order valence-corrected chi connectivity index (χ2v) is 6.20. The number of amidine groups is 1. The van der Waals surface area contributed by atoms with Crippen molar-refractivity contribution in [1.82, 2.24) is 4.31 Å². The van der Waals surface area contributed by atoms with Crippen molar-refractivity contribution < 1.29 is 22.4 Å². The lowest BCUT2D eigenvalue weighted by Gasteiger charge is -2.25. The zero-order chi connectivity index (χ0) is 15.5. The van der Waals surface area contributed by atoms with Crippen molar-refractivity contribution in [2.45, 2.75) is 24.8 Å². The van der Waals surface area contributed by atoms with Crippen LogP contribution in [-0.4, -0.2) is 36.4 Å². The maximum Gasteiger partial charge on any atom is 0.243 e. The predicted octanol–water partition coefficient (Wildman–Crippen LogP) is 1.11. The summed E-state index contributed by atoms with van der Waals surface area (Å²) in [5.74, 6) is -2.72. The fourth-order valence-electron chi connectivity index (χ4n) is 1.51. The Hall–Kier alpha value is -1.74. The summed E-state index contributed by atoms with van der Waals surface area (Å²) in [6, 6.07) is 1.75. The van der Waals surface area contributed by atoms with E-state index in [1.54, 1.807) is 13.8 Å².